The number of hydrogen-bond acceptors (Lipinski definition) is 5. The maximum atomic E-state index is 12.0. The molecule has 1 aliphatic heterocycles. The lowest BCUT2D eigenvalue weighted by Gasteiger charge is -2.42. The highest BCUT2D eigenvalue weighted by atomic mass is 32.2. The Morgan fingerprint density at radius 3 is 2.68 bits per heavy atom. The van der Waals surface area contributed by atoms with Gasteiger partial charge < -0.3 is 5.11 Å². The average Bonchev–Trinajstić information content (AvgIpc) is 2.36. The Morgan fingerprint density at radius 1 is 1.42 bits per heavy atom. The zero-order chi connectivity index (χ0) is 14.3. The van der Waals surface area contributed by atoms with E-state index < -0.39 is 20.7 Å². The van der Waals surface area contributed by atoms with Gasteiger partial charge in [-0.15, -0.1) is 0 Å². The normalized spacial score (nSPS) is 19.3. The Balaban J connectivity index is 2.43. The molecule has 2 heterocycles. The molecule has 1 N–H and O–H groups in total. The van der Waals surface area contributed by atoms with E-state index in [1.165, 1.54) is 19.9 Å². The minimum absolute atomic E-state index is 0.0223. The molecule has 1 fully saturated rings. The topological polar surface area (TPSA) is 87.6 Å². The lowest BCUT2D eigenvalue weighted by atomic mass is 10.2. The minimum Gasteiger partial charge on any atom is -0.384 e. The lowest BCUT2D eigenvalue weighted by molar-refractivity contribution is -0.120. The summed E-state index contributed by atoms with van der Waals surface area (Å²) in [5.74, 6) is 4.46. The van der Waals surface area contributed by atoms with Crippen LogP contribution in [0.3, 0.4) is 0 Å². The van der Waals surface area contributed by atoms with E-state index in [0.717, 1.165) is 0 Å². The van der Waals surface area contributed by atoms with Crippen molar-refractivity contribution in [3.05, 3.63) is 23.9 Å². The van der Waals surface area contributed by atoms with Crippen LogP contribution in [0.1, 0.15) is 19.5 Å². The van der Waals surface area contributed by atoms with Crippen LogP contribution in [0.15, 0.2) is 18.2 Å². The Bertz CT molecular complexity index is 698. The number of anilines is 1. The zero-order valence-corrected chi connectivity index (χ0v) is 11.2. The minimum atomic E-state index is -3.72. The first kappa shape index (κ1) is 13.5. The third-order valence-corrected chi connectivity index (χ3v) is 5.12. The highest BCUT2D eigenvalue weighted by Crippen LogP contribution is 2.37. The Hall–Kier alpha value is -1.91. The number of aliphatic hydroxyl groups is 1. The third-order valence-electron chi connectivity index (χ3n) is 2.82. The summed E-state index contributed by atoms with van der Waals surface area (Å²) in [5, 5.41) is 8.60. The van der Waals surface area contributed by atoms with E-state index in [1.54, 1.807) is 12.1 Å². The molecule has 6 nitrogen and oxygen atoms in total. The summed E-state index contributed by atoms with van der Waals surface area (Å²) >= 11 is 0. The van der Waals surface area contributed by atoms with E-state index in [2.05, 4.69) is 16.8 Å². The molecule has 1 aromatic heterocycles. The van der Waals surface area contributed by atoms with Crippen molar-refractivity contribution in [3.8, 4) is 11.8 Å². The first-order valence-electron chi connectivity index (χ1n) is 5.48. The SMILES string of the molecule is CC1(C)C(=O)N(c2cccc(C#CCO)n2)S1(=O)=O. The smallest absolute Gasteiger partial charge is 0.264 e. The fourth-order valence-corrected chi connectivity index (χ4v) is 3.05. The molecular formula is C12H12N2O4S. The van der Waals surface area contributed by atoms with Gasteiger partial charge in [0, 0.05) is 0 Å². The molecule has 0 bridgehead atoms. The van der Waals surface area contributed by atoms with Crippen molar-refractivity contribution in [1.82, 2.24) is 4.98 Å². The van der Waals surface area contributed by atoms with E-state index in [0.29, 0.717) is 10.00 Å². The van der Waals surface area contributed by atoms with E-state index in [9.17, 15) is 13.2 Å². The molecule has 1 aliphatic rings. The summed E-state index contributed by atoms with van der Waals surface area (Å²) in [7, 11) is -3.72. The second kappa shape index (κ2) is 4.33. The van der Waals surface area contributed by atoms with Crippen molar-refractivity contribution < 1.29 is 18.3 Å². The van der Waals surface area contributed by atoms with Gasteiger partial charge in [0.2, 0.25) is 0 Å². The zero-order valence-electron chi connectivity index (χ0n) is 10.4. The molecule has 1 amide bonds. The molecule has 1 saturated heterocycles. The summed E-state index contributed by atoms with van der Waals surface area (Å²) in [4.78, 5) is 15.8. The molecule has 0 aromatic carbocycles. The second-order valence-corrected chi connectivity index (χ2v) is 6.76. The van der Waals surface area contributed by atoms with Gasteiger partial charge in [0.15, 0.2) is 10.6 Å². The van der Waals surface area contributed by atoms with Gasteiger partial charge in [-0.1, -0.05) is 12.0 Å². The molecule has 100 valence electrons. The van der Waals surface area contributed by atoms with E-state index in [1.807, 2.05) is 0 Å². The number of rotatable bonds is 1. The van der Waals surface area contributed by atoms with Crippen molar-refractivity contribution in [3.63, 3.8) is 0 Å². The summed E-state index contributed by atoms with van der Waals surface area (Å²) in [5.41, 5.74) is 0.291. The van der Waals surface area contributed by atoms with Crippen LogP contribution in [0.5, 0.6) is 0 Å². The van der Waals surface area contributed by atoms with E-state index >= 15 is 0 Å². The molecule has 2 rings (SSSR count). The number of nitrogens with zero attached hydrogens (tertiary/aromatic N) is 2. The van der Waals surface area contributed by atoms with Gasteiger partial charge in [-0.05, 0) is 31.9 Å². The van der Waals surface area contributed by atoms with Crippen LogP contribution in [0.25, 0.3) is 0 Å². The van der Waals surface area contributed by atoms with Crippen LogP contribution >= 0.6 is 0 Å². The van der Waals surface area contributed by atoms with Gasteiger partial charge in [-0.3, -0.25) is 4.79 Å². The predicted octanol–water partition coefficient (Wildman–Crippen LogP) is -0.120. The molecule has 0 saturated carbocycles. The van der Waals surface area contributed by atoms with Gasteiger partial charge in [0.25, 0.3) is 15.9 Å². The molecule has 0 radical (unpaired) electrons. The number of pyridine rings is 1. The van der Waals surface area contributed by atoms with Gasteiger partial charge in [0.1, 0.15) is 12.3 Å². The summed E-state index contributed by atoms with van der Waals surface area (Å²) in [6.45, 7) is 2.40. The Kier molecular flexibility index (Phi) is 3.08. The van der Waals surface area contributed by atoms with Gasteiger partial charge in [-0.25, -0.2) is 13.4 Å². The molecule has 1 aromatic rings. The van der Waals surface area contributed by atoms with Crippen LogP contribution in [0, 0.1) is 11.8 Å². The number of amides is 1. The van der Waals surface area contributed by atoms with Gasteiger partial charge >= 0.3 is 0 Å². The third kappa shape index (κ3) is 1.89. The quantitative estimate of drug-likeness (QED) is 0.725. The highest BCUT2D eigenvalue weighted by Gasteiger charge is 2.61. The van der Waals surface area contributed by atoms with Crippen LogP contribution in [0.2, 0.25) is 0 Å². The van der Waals surface area contributed by atoms with E-state index in [-0.39, 0.29) is 12.4 Å². The number of aromatic nitrogens is 1. The maximum absolute atomic E-state index is 12.0. The number of aliphatic hydroxyl groups excluding tert-OH is 1. The number of carbonyl (C=O) groups is 1. The second-order valence-electron chi connectivity index (χ2n) is 4.43. The van der Waals surface area contributed by atoms with Crippen LogP contribution in [-0.2, 0) is 14.8 Å². The molecule has 0 atom stereocenters. The molecule has 19 heavy (non-hydrogen) atoms. The number of sulfonamides is 1. The number of hydrogen-bond donors (Lipinski definition) is 1. The Labute approximate surface area is 111 Å². The Morgan fingerprint density at radius 2 is 2.11 bits per heavy atom. The largest absolute Gasteiger partial charge is 0.384 e. The number of carbonyl (C=O) groups excluding carboxylic acids is 1. The monoisotopic (exact) mass is 280 g/mol. The van der Waals surface area contributed by atoms with Crippen molar-refractivity contribution in [2.75, 3.05) is 10.9 Å². The predicted molar refractivity (Wildman–Crippen MR) is 68.7 cm³/mol. The summed E-state index contributed by atoms with van der Waals surface area (Å²) in [6.07, 6.45) is 0. The van der Waals surface area contributed by atoms with Crippen molar-refractivity contribution in [1.29, 1.82) is 0 Å². The maximum Gasteiger partial charge on any atom is 0.264 e. The van der Waals surface area contributed by atoms with Crippen LogP contribution < -0.4 is 4.31 Å². The average molecular weight is 280 g/mol. The fourth-order valence-electron chi connectivity index (χ4n) is 1.62. The van der Waals surface area contributed by atoms with E-state index in [4.69, 9.17) is 5.11 Å². The van der Waals surface area contributed by atoms with Gasteiger partial charge in [-0.2, -0.15) is 4.31 Å². The van der Waals surface area contributed by atoms with Crippen molar-refractivity contribution in [2.45, 2.75) is 18.6 Å². The van der Waals surface area contributed by atoms with Crippen LogP contribution in [0.4, 0.5) is 5.82 Å². The lowest BCUT2D eigenvalue weighted by Crippen LogP contribution is -2.67. The van der Waals surface area contributed by atoms with Gasteiger partial charge in [0.05, 0.1) is 0 Å². The molecular weight excluding hydrogens is 268 g/mol. The molecule has 0 aliphatic carbocycles. The summed E-state index contributed by atoms with van der Waals surface area (Å²) < 4.78 is 23.3. The van der Waals surface area contributed by atoms with Crippen LogP contribution in [-0.4, -0.2) is 35.8 Å². The molecule has 0 spiro atoms. The highest BCUT2D eigenvalue weighted by molar-refractivity contribution is 7.98. The van der Waals surface area contributed by atoms with Crippen molar-refractivity contribution >= 4 is 21.7 Å². The molecule has 7 heteroatoms. The fraction of sp³-hybridized carbons (Fsp3) is 0.333. The standard InChI is InChI=1S/C12H12N2O4S/c1-12(2)11(16)14(19(12,17)18)10-7-3-5-9(13-10)6-4-8-15/h3,5,7,15H,8H2,1-2H3. The first-order chi connectivity index (χ1) is 8.82. The molecule has 0 unspecified atom stereocenters. The first-order valence-corrected chi connectivity index (χ1v) is 6.92. The van der Waals surface area contributed by atoms with Crippen molar-refractivity contribution in [2.24, 2.45) is 0 Å². The summed E-state index contributed by atoms with van der Waals surface area (Å²) in [6, 6.07) is 4.54.